The molecule has 0 saturated carbocycles. The summed E-state index contributed by atoms with van der Waals surface area (Å²) in [5.74, 6) is 0.417. The fourth-order valence-electron chi connectivity index (χ4n) is 1.01. The van der Waals surface area contributed by atoms with Gasteiger partial charge in [-0.25, -0.2) is 4.98 Å². The summed E-state index contributed by atoms with van der Waals surface area (Å²) in [6, 6.07) is 2.00. The number of nitriles is 1. The first-order valence-electron chi connectivity index (χ1n) is 4.36. The van der Waals surface area contributed by atoms with Crippen LogP contribution in [0, 0.1) is 11.3 Å². The van der Waals surface area contributed by atoms with E-state index in [-0.39, 0.29) is 0 Å². The fourth-order valence-corrected chi connectivity index (χ4v) is 1.01. The molecule has 1 aromatic rings. The SMILES string of the molecule is COCCOCCn1ccnc1C#N. The predicted molar refractivity (Wildman–Crippen MR) is 49.6 cm³/mol. The van der Waals surface area contributed by atoms with Gasteiger partial charge < -0.3 is 14.0 Å². The maximum atomic E-state index is 8.65. The second-order valence-corrected chi connectivity index (χ2v) is 2.66. The van der Waals surface area contributed by atoms with Crippen LogP contribution in [0.15, 0.2) is 12.4 Å². The number of ether oxygens (including phenoxy) is 2. The van der Waals surface area contributed by atoms with Crippen LogP contribution in [0.3, 0.4) is 0 Å². The lowest BCUT2D eigenvalue weighted by Crippen LogP contribution is -2.09. The Bertz CT molecular complexity index is 303. The molecule has 0 fully saturated rings. The van der Waals surface area contributed by atoms with Gasteiger partial charge >= 0.3 is 0 Å². The van der Waals surface area contributed by atoms with Gasteiger partial charge in [-0.2, -0.15) is 5.26 Å². The van der Waals surface area contributed by atoms with E-state index >= 15 is 0 Å². The molecule has 0 atom stereocenters. The second kappa shape index (κ2) is 6.13. The van der Waals surface area contributed by atoms with Crippen LogP contribution in [0.1, 0.15) is 5.82 Å². The van der Waals surface area contributed by atoms with Crippen LogP contribution in [0.25, 0.3) is 0 Å². The van der Waals surface area contributed by atoms with Crippen LogP contribution in [0.4, 0.5) is 0 Å². The van der Waals surface area contributed by atoms with Crippen molar-refractivity contribution in [3.05, 3.63) is 18.2 Å². The summed E-state index contributed by atoms with van der Waals surface area (Å²) in [5.41, 5.74) is 0. The molecule has 0 aliphatic carbocycles. The number of nitrogens with zero attached hydrogens (tertiary/aromatic N) is 3. The minimum atomic E-state index is 0.417. The lowest BCUT2D eigenvalue weighted by molar-refractivity contribution is 0.0665. The van der Waals surface area contributed by atoms with E-state index in [2.05, 4.69) is 4.98 Å². The highest BCUT2D eigenvalue weighted by Crippen LogP contribution is 1.95. The molecule has 1 rings (SSSR count). The van der Waals surface area contributed by atoms with Crippen molar-refractivity contribution >= 4 is 0 Å². The molecule has 0 radical (unpaired) electrons. The second-order valence-electron chi connectivity index (χ2n) is 2.66. The summed E-state index contributed by atoms with van der Waals surface area (Å²) >= 11 is 0. The van der Waals surface area contributed by atoms with Crippen LogP contribution in [0.5, 0.6) is 0 Å². The van der Waals surface area contributed by atoms with E-state index in [0.29, 0.717) is 32.2 Å². The molecule has 1 heterocycles. The van der Waals surface area contributed by atoms with Gasteiger partial charge in [-0.15, -0.1) is 0 Å². The Morgan fingerprint density at radius 1 is 1.50 bits per heavy atom. The van der Waals surface area contributed by atoms with Crippen molar-refractivity contribution in [2.45, 2.75) is 6.54 Å². The minimum absolute atomic E-state index is 0.417. The Morgan fingerprint density at radius 3 is 3.07 bits per heavy atom. The highest BCUT2D eigenvalue weighted by atomic mass is 16.5. The smallest absolute Gasteiger partial charge is 0.212 e. The Balaban J connectivity index is 2.22. The monoisotopic (exact) mass is 195 g/mol. The third-order valence-electron chi connectivity index (χ3n) is 1.72. The van der Waals surface area contributed by atoms with Crippen LogP contribution < -0.4 is 0 Å². The number of methoxy groups -OCH3 is 1. The van der Waals surface area contributed by atoms with Crippen molar-refractivity contribution < 1.29 is 9.47 Å². The summed E-state index contributed by atoms with van der Waals surface area (Å²) in [5, 5.41) is 8.65. The molecular formula is C9H13N3O2. The number of hydrogen-bond acceptors (Lipinski definition) is 4. The molecule has 0 amide bonds. The van der Waals surface area contributed by atoms with E-state index in [0.717, 1.165) is 0 Å². The first-order valence-corrected chi connectivity index (χ1v) is 4.36. The number of aromatic nitrogens is 2. The molecule has 0 unspecified atom stereocenters. The van der Waals surface area contributed by atoms with Crippen LogP contribution in [0.2, 0.25) is 0 Å². The zero-order valence-electron chi connectivity index (χ0n) is 8.14. The Hall–Kier alpha value is -1.38. The van der Waals surface area contributed by atoms with Gasteiger partial charge in [0.2, 0.25) is 5.82 Å². The van der Waals surface area contributed by atoms with E-state index in [1.807, 2.05) is 6.07 Å². The molecule has 0 saturated heterocycles. The van der Waals surface area contributed by atoms with Crippen LogP contribution in [-0.2, 0) is 16.0 Å². The predicted octanol–water partition coefficient (Wildman–Crippen LogP) is 0.418. The van der Waals surface area contributed by atoms with Crippen molar-refractivity contribution in [1.82, 2.24) is 9.55 Å². The summed E-state index contributed by atoms with van der Waals surface area (Å²) < 4.78 is 11.8. The van der Waals surface area contributed by atoms with Gasteiger partial charge in [-0.05, 0) is 0 Å². The molecule has 5 heteroatoms. The molecular weight excluding hydrogens is 182 g/mol. The molecule has 0 spiro atoms. The molecule has 14 heavy (non-hydrogen) atoms. The van der Waals surface area contributed by atoms with Gasteiger partial charge in [0.15, 0.2) is 0 Å². The third-order valence-corrected chi connectivity index (χ3v) is 1.72. The molecule has 0 aliphatic rings. The fraction of sp³-hybridized carbons (Fsp3) is 0.556. The van der Waals surface area contributed by atoms with Crippen molar-refractivity contribution in [1.29, 1.82) is 5.26 Å². The van der Waals surface area contributed by atoms with E-state index in [4.69, 9.17) is 14.7 Å². The summed E-state index contributed by atoms with van der Waals surface area (Å²) in [7, 11) is 1.63. The minimum Gasteiger partial charge on any atom is -0.382 e. The quantitative estimate of drug-likeness (QED) is 0.617. The highest BCUT2D eigenvalue weighted by molar-refractivity contribution is 5.10. The van der Waals surface area contributed by atoms with Gasteiger partial charge in [-0.1, -0.05) is 0 Å². The average Bonchev–Trinajstić information content (AvgIpc) is 2.65. The highest BCUT2D eigenvalue weighted by Gasteiger charge is 1.99. The zero-order valence-corrected chi connectivity index (χ0v) is 8.14. The molecule has 0 aliphatic heterocycles. The van der Waals surface area contributed by atoms with E-state index < -0.39 is 0 Å². The van der Waals surface area contributed by atoms with Gasteiger partial charge in [0.1, 0.15) is 6.07 Å². The first kappa shape index (κ1) is 10.7. The van der Waals surface area contributed by atoms with Gasteiger partial charge in [0.05, 0.1) is 19.8 Å². The first-order chi connectivity index (χ1) is 6.88. The molecule has 1 aromatic heterocycles. The maximum absolute atomic E-state index is 8.65. The van der Waals surface area contributed by atoms with Crippen molar-refractivity contribution in [3.8, 4) is 6.07 Å². The normalized spacial score (nSPS) is 10.0. The number of hydrogen-bond donors (Lipinski definition) is 0. The Kier molecular flexibility index (Phi) is 4.69. The van der Waals surface area contributed by atoms with Gasteiger partial charge in [0.25, 0.3) is 0 Å². The van der Waals surface area contributed by atoms with Crippen LogP contribution >= 0.6 is 0 Å². The summed E-state index contributed by atoms with van der Waals surface area (Å²) in [6.07, 6.45) is 3.37. The van der Waals surface area contributed by atoms with E-state index in [9.17, 15) is 0 Å². The molecule has 0 bridgehead atoms. The topological polar surface area (TPSA) is 60.1 Å². The van der Waals surface area contributed by atoms with Crippen molar-refractivity contribution in [2.24, 2.45) is 0 Å². The van der Waals surface area contributed by atoms with E-state index in [1.54, 1.807) is 24.1 Å². The van der Waals surface area contributed by atoms with Crippen molar-refractivity contribution in [3.63, 3.8) is 0 Å². The van der Waals surface area contributed by atoms with Crippen molar-refractivity contribution in [2.75, 3.05) is 26.9 Å². The summed E-state index contributed by atoms with van der Waals surface area (Å²) in [4.78, 5) is 3.87. The molecule has 5 nitrogen and oxygen atoms in total. The maximum Gasteiger partial charge on any atom is 0.212 e. The lowest BCUT2D eigenvalue weighted by Gasteiger charge is -2.04. The van der Waals surface area contributed by atoms with E-state index in [1.165, 1.54) is 0 Å². The lowest BCUT2D eigenvalue weighted by atomic mass is 10.6. The largest absolute Gasteiger partial charge is 0.382 e. The third kappa shape index (κ3) is 3.17. The van der Waals surface area contributed by atoms with Gasteiger partial charge in [0, 0.05) is 26.0 Å². The Morgan fingerprint density at radius 2 is 2.36 bits per heavy atom. The number of imidazole rings is 1. The number of rotatable bonds is 6. The summed E-state index contributed by atoms with van der Waals surface area (Å²) in [6.45, 7) is 2.38. The Labute approximate surface area is 82.9 Å². The molecule has 0 aromatic carbocycles. The average molecular weight is 195 g/mol. The van der Waals surface area contributed by atoms with Crippen LogP contribution in [-0.4, -0.2) is 36.5 Å². The molecule has 76 valence electrons. The standard InChI is InChI=1S/C9H13N3O2/c1-13-6-7-14-5-4-12-3-2-11-9(12)8-10/h2-3H,4-7H2,1H3. The molecule has 0 N–H and O–H groups in total. The zero-order chi connectivity index (χ0) is 10.2. The van der Waals surface area contributed by atoms with Gasteiger partial charge in [-0.3, -0.25) is 0 Å².